The van der Waals surface area contributed by atoms with Crippen LogP contribution in [0.1, 0.15) is 52.2 Å². The Morgan fingerprint density at radius 3 is 2.39 bits per heavy atom. The molecule has 2 unspecified atom stereocenters. The minimum atomic E-state index is -0.561. The van der Waals surface area contributed by atoms with Gasteiger partial charge in [-0.05, 0) is 64.3 Å². The molecule has 0 spiro atoms. The first-order valence-corrected chi connectivity index (χ1v) is 12.5. The zero-order valence-electron chi connectivity index (χ0n) is 22.3. The van der Waals surface area contributed by atoms with Crippen molar-refractivity contribution in [2.24, 2.45) is 0 Å². The predicted octanol–water partition coefficient (Wildman–Crippen LogP) is 4.62. The zero-order valence-corrected chi connectivity index (χ0v) is 22.3. The van der Waals surface area contributed by atoms with Gasteiger partial charge in [0.25, 0.3) is 5.91 Å². The molecule has 2 N–H and O–H groups in total. The van der Waals surface area contributed by atoms with Gasteiger partial charge < -0.3 is 25.0 Å². The van der Waals surface area contributed by atoms with E-state index in [0.717, 1.165) is 12.0 Å². The van der Waals surface area contributed by atoms with Crippen LogP contribution in [0.25, 0.3) is 0 Å². The van der Waals surface area contributed by atoms with Gasteiger partial charge in [-0.3, -0.25) is 4.79 Å². The van der Waals surface area contributed by atoms with Gasteiger partial charge in [0.2, 0.25) is 0 Å². The van der Waals surface area contributed by atoms with E-state index < -0.39 is 11.7 Å². The van der Waals surface area contributed by atoms with Crippen molar-refractivity contribution in [1.82, 2.24) is 15.5 Å². The van der Waals surface area contributed by atoms with Crippen molar-refractivity contribution in [2.75, 3.05) is 26.7 Å². The first-order chi connectivity index (χ1) is 17.1. The van der Waals surface area contributed by atoms with Crippen molar-refractivity contribution in [3.63, 3.8) is 0 Å². The Hall–Kier alpha value is -3.48. The van der Waals surface area contributed by atoms with Crippen LogP contribution in [0.4, 0.5) is 4.79 Å². The Balaban J connectivity index is 1.66. The first-order valence-electron chi connectivity index (χ1n) is 12.5. The maximum Gasteiger partial charge on any atom is 0.407 e. The van der Waals surface area contributed by atoms with Crippen molar-refractivity contribution in [1.29, 1.82) is 0 Å². The number of carbonyl (C=O) groups is 2. The Morgan fingerprint density at radius 1 is 1.06 bits per heavy atom. The van der Waals surface area contributed by atoms with Gasteiger partial charge in [0.05, 0.1) is 5.41 Å². The molecule has 194 valence electrons. The molecule has 0 bridgehead atoms. The molecule has 36 heavy (non-hydrogen) atoms. The molecule has 2 atom stereocenters. The number of rotatable bonds is 8. The number of nitrogens with one attached hydrogen (secondary N) is 2. The second-order valence-electron chi connectivity index (χ2n) is 10.2. The van der Waals surface area contributed by atoms with Crippen molar-refractivity contribution in [2.45, 2.75) is 58.1 Å². The lowest BCUT2D eigenvalue weighted by atomic mass is 9.70. The molecule has 0 aliphatic carbocycles. The lowest BCUT2D eigenvalue weighted by Crippen LogP contribution is -2.39. The highest BCUT2D eigenvalue weighted by Crippen LogP contribution is 2.50. The lowest BCUT2D eigenvalue weighted by molar-refractivity contribution is -0.123. The first kappa shape index (κ1) is 27.1. The summed E-state index contributed by atoms with van der Waals surface area (Å²) in [5.74, 6) is 0.384. The quantitative estimate of drug-likeness (QED) is 0.525. The largest absolute Gasteiger partial charge is 0.484 e. The third kappa shape index (κ3) is 6.39. The minimum absolute atomic E-state index is 0.110. The number of likely N-dealkylation sites (tertiary alicyclic amines) is 1. The molecule has 1 aliphatic heterocycles. The van der Waals surface area contributed by atoms with E-state index >= 15 is 0 Å². The fraction of sp³-hybridized carbons (Fsp3) is 0.448. The standard InChI is InChI=1S/C29H39N3O4/c1-7-25-29(19-21(2)32(25)6,22-12-9-8-10-13-22)23-14-11-15-24(18-23)35-20-26(33)30-16-17-31-27(34)36-28(3,4)5/h7-15,18,21H,16-17,19-20H2,1-6H3,(H,30,33)(H,31,34)/b25-7-. The molecule has 2 amide bonds. The van der Waals surface area contributed by atoms with Crippen molar-refractivity contribution >= 4 is 12.0 Å². The van der Waals surface area contributed by atoms with E-state index in [1.807, 2.05) is 24.3 Å². The van der Waals surface area contributed by atoms with E-state index in [0.29, 0.717) is 11.8 Å². The summed E-state index contributed by atoms with van der Waals surface area (Å²) in [6.45, 7) is 10.2. The fourth-order valence-electron chi connectivity index (χ4n) is 4.83. The zero-order chi connectivity index (χ0) is 26.3. The number of benzene rings is 2. The van der Waals surface area contributed by atoms with Crippen LogP contribution >= 0.6 is 0 Å². The molecule has 1 fully saturated rings. The van der Waals surface area contributed by atoms with Gasteiger partial charge in [-0.1, -0.05) is 48.5 Å². The average Bonchev–Trinajstić information content (AvgIpc) is 3.10. The smallest absolute Gasteiger partial charge is 0.407 e. The summed E-state index contributed by atoms with van der Waals surface area (Å²) < 4.78 is 11.0. The van der Waals surface area contributed by atoms with Gasteiger partial charge in [0, 0.05) is 31.9 Å². The Kier molecular flexibility index (Phi) is 8.66. The van der Waals surface area contributed by atoms with Crippen LogP contribution in [-0.2, 0) is 14.9 Å². The maximum absolute atomic E-state index is 12.3. The van der Waals surface area contributed by atoms with Crippen molar-refractivity contribution in [3.8, 4) is 5.75 Å². The van der Waals surface area contributed by atoms with Crippen LogP contribution in [0.2, 0.25) is 0 Å². The number of hydrogen-bond donors (Lipinski definition) is 2. The van der Waals surface area contributed by atoms with E-state index in [2.05, 4.69) is 72.8 Å². The number of hydrogen-bond acceptors (Lipinski definition) is 5. The maximum atomic E-state index is 12.3. The monoisotopic (exact) mass is 493 g/mol. The van der Waals surface area contributed by atoms with Gasteiger partial charge in [-0.25, -0.2) is 4.79 Å². The van der Waals surface area contributed by atoms with Crippen LogP contribution in [0, 0.1) is 0 Å². The van der Waals surface area contributed by atoms with Crippen LogP contribution in [-0.4, -0.2) is 55.3 Å². The van der Waals surface area contributed by atoms with Crippen molar-refractivity contribution < 1.29 is 19.1 Å². The molecule has 2 aromatic rings. The van der Waals surface area contributed by atoms with E-state index in [1.165, 1.54) is 11.3 Å². The van der Waals surface area contributed by atoms with E-state index in [4.69, 9.17) is 9.47 Å². The fourth-order valence-corrected chi connectivity index (χ4v) is 4.83. The summed E-state index contributed by atoms with van der Waals surface area (Å²) in [5, 5.41) is 5.37. The molecular formula is C29H39N3O4. The SMILES string of the molecule is C/C=C1\N(C)C(C)CC1(c1ccccc1)c1cccc(OCC(=O)NCCNC(=O)OC(C)(C)C)c1. The highest BCUT2D eigenvalue weighted by Gasteiger charge is 2.47. The van der Waals surface area contributed by atoms with Gasteiger partial charge in [-0.15, -0.1) is 0 Å². The number of nitrogens with zero attached hydrogens (tertiary/aromatic N) is 1. The highest BCUT2D eigenvalue weighted by atomic mass is 16.6. The van der Waals surface area contributed by atoms with Gasteiger partial charge in [0.15, 0.2) is 6.61 Å². The summed E-state index contributed by atoms with van der Waals surface area (Å²) in [4.78, 5) is 26.3. The van der Waals surface area contributed by atoms with Crippen LogP contribution in [0.5, 0.6) is 5.75 Å². The number of alkyl carbamates (subject to hydrolysis) is 1. The second-order valence-corrected chi connectivity index (χ2v) is 10.2. The van der Waals surface area contributed by atoms with Gasteiger partial charge in [-0.2, -0.15) is 0 Å². The van der Waals surface area contributed by atoms with Gasteiger partial charge in [0.1, 0.15) is 11.4 Å². The molecule has 2 aromatic carbocycles. The summed E-state index contributed by atoms with van der Waals surface area (Å²) in [5.41, 5.74) is 2.78. The number of ether oxygens (including phenoxy) is 2. The molecule has 3 rings (SSSR count). The highest BCUT2D eigenvalue weighted by molar-refractivity contribution is 5.77. The third-order valence-corrected chi connectivity index (χ3v) is 6.43. The molecule has 0 aromatic heterocycles. The van der Waals surface area contributed by atoms with Crippen LogP contribution in [0.3, 0.4) is 0 Å². The Bertz CT molecular complexity index is 1080. The molecule has 7 nitrogen and oxygen atoms in total. The van der Waals surface area contributed by atoms with Crippen LogP contribution < -0.4 is 15.4 Å². The Labute approximate surface area is 214 Å². The minimum Gasteiger partial charge on any atom is -0.484 e. The topological polar surface area (TPSA) is 79.9 Å². The molecule has 0 saturated carbocycles. The Morgan fingerprint density at radius 2 is 1.72 bits per heavy atom. The summed E-state index contributed by atoms with van der Waals surface area (Å²) in [6, 6.07) is 19.0. The lowest BCUT2D eigenvalue weighted by Gasteiger charge is -2.33. The van der Waals surface area contributed by atoms with Crippen molar-refractivity contribution in [3.05, 3.63) is 77.5 Å². The number of amides is 2. The number of carbonyl (C=O) groups excluding carboxylic acids is 2. The molecule has 7 heteroatoms. The normalized spacial score (nSPS) is 20.8. The number of allylic oxidation sites excluding steroid dienone is 2. The van der Waals surface area contributed by atoms with E-state index in [9.17, 15) is 9.59 Å². The molecule has 0 radical (unpaired) electrons. The second kappa shape index (κ2) is 11.5. The summed E-state index contributed by atoms with van der Waals surface area (Å²) in [6.07, 6.45) is 2.63. The van der Waals surface area contributed by atoms with E-state index in [-0.39, 0.29) is 31.0 Å². The molecule has 1 saturated heterocycles. The predicted molar refractivity (Wildman–Crippen MR) is 142 cm³/mol. The van der Waals surface area contributed by atoms with Crippen LogP contribution in [0.15, 0.2) is 66.4 Å². The summed E-state index contributed by atoms with van der Waals surface area (Å²) in [7, 11) is 2.15. The number of likely N-dealkylation sites (N-methyl/N-ethyl adjacent to an activating group) is 1. The average molecular weight is 494 g/mol. The van der Waals surface area contributed by atoms with E-state index in [1.54, 1.807) is 20.8 Å². The third-order valence-electron chi connectivity index (χ3n) is 6.43. The molecule has 1 aliphatic rings. The molecule has 1 heterocycles. The van der Waals surface area contributed by atoms with Gasteiger partial charge >= 0.3 is 6.09 Å². The summed E-state index contributed by atoms with van der Waals surface area (Å²) >= 11 is 0. The molecular weight excluding hydrogens is 454 g/mol.